The van der Waals surface area contributed by atoms with E-state index >= 15 is 0 Å². The number of carboxylic acid groups (broad SMARTS) is 1. The van der Waals surface area contributed by atoms with Crippen molar-refractivity contribution in [3.05, 3.63) is 18.2 Å². The monoisotopic (exact) mass is 342 g/mol. The Bertz CT molecular complexity index is 595. The van der Waals surface area contributed by atoms with E-state index in [9.17, 15) is 9.59 Å². The number of amides is 1. The number of carbonyl (C=O) groups is 2. The van der Waals surface area contributed by atoms with Gasteiger partial charge in [0, 0.05) is 24.7 Å². The Balaban J connectivity index is 0.00000192. The molecule has 8 heteroatoms. The number of rotatable bonds is 5. The first-order valence-electron chi connectivity index (χ1n) is 7.30. The minimum absolute atomic E-state index is 0. The minimum Gasteiger partial charge on any atom is -0.480 e. The summed E-state index contributed by atoms with van der Waals surface area (Å²) in [7, 11) is 0. The molecular weight excluding hydrogens is 324 g/mol. The van der Waals surface area contributed by atoms with Gasteiger partial charge in [-0.15, -0.1) is 12.4 Å². The summed E-state index contributed by atoms with van der Waals surface area (Å²) in [6, 6.07) is 4.76. The third kappa shape index (κ3) is 4.05. The largest absolute Gasteiger partial charge is 0.480 e. The molecule has 1 atom stereocenters. The predicted molar refractivity (Wildman–Crippen MR) is 85.3 cm³/mol. The summed E-state index contributed by atoms with van der Waals surface area (Å²) in [5.74, 6) is 0.325. The van der Waals surface area contributed by atoms with Crippen molar-refractivity contribution in [2.45, 2.75) is 25.3 Å². The van der Waals surface area contributed by atoms with Crippen molar-refractivity contribution in [2.75, 3.05) is 25.2 Å². The number of hydrogen-bond donors (Lipinski definition) is 2. The van der Waals surface area contributed by atoms with Crippen molar-refractivity contribution in [1.29, 1.82) is 0 Å². The zero-order chi connectivity index (χ0) is 15.5. The van der Waals surface area contributed by atoms with E-state index in [1.54, 1.807) is 18.2 Å². The fraction of sp³-hybridized carbons (Fsp3) is 0.467. The maximum atomic E-state index is 12.0. The number of halogens is 1. The highest BCUT2D eigenvalue weighted by Crippen LogP contribution is 2.34. The first-order valence-corrected chi connectivity index (χ1v) is 7.30. The average molecular weight is 343 g/mol. The van der Waals surface area contributed by atoms with Crippen LogP contribution in [0.15, 0.2) is 18.2 Å². The number of benzene rings is 1. The molecule has 1 saturated heterocycles. The van der Waals surface area contributed by atoms with Crippen LogP contribution in [-0.2, 0) is 9.59 Å². The smallest absolute Gasteiger partial charge is 0.320 e. The van der Waals surface area contributed by atoms with Crippen LogP contribution in [0, 0.1) is 0 Å². The Labute approximate surface area is 140 Å². The number of carbonyl (C=O) groups excluding carboxylic acids is 1. The van der Waals surface area contributed by atoms with Gasteiger partial charge in [0.25, 0.3) is 0 Å². The Morgan fingerprint density at radius 2 is 2.09 bits per heavy atom. The van der Waals surface area contributed by atoms with Crippen LogP contribution in [0.5, 0.6) is 11.5 Å². The van der Waals surface area contributed by atoms with Crippen LogP contribution in [0.25, 0.3) is 0 Å². The van der Waals surface area contributed by atoms with Crippen LogP contribution in [0.4, 0.5) is 5.69 Å². The molecule has 126 valence electrons. The maximum Gasteiger partial charge on any atom is 0.320 e. The van der Waals surface area contributed by atoms with Crippen molar-refractivity contribution in [2.24, 2.45) is 0 Å². The van der Waals surface area contributed by atoms with Crippen molar-refractivity contribution < 1.29 is 24.2 Å². The number of anilines is 1. The topological polar surface area (TPSA) is 88.1 Å². The second kappa shape index (κ2) is 7.52. The van der Waals surface area contributed by atoms with Gasteiger partial charge < -0.3 is 19.9 Å². The third-order valence-electron chi connectivity index (χ3n) is 3.93. The van der Waals surface area contributed by atoms with Gasteiger partial charge in [-0.3, -0.25) is 14.5 Å². The summed E-state index contributed by atoms with van der Waals surface area (Å²) in [5, 5.41) is 11.9. The minimum atomic E-state index is -0.811. The maximum absolute atomic E-state index is 12.0. The number of likely N-dealkylation sites (tertiary alicyclic amines) is 1. The Kier molecular flexibility index (Phi) is 5.68. The summed E-state index contributed by atoms with van der Waals surface area (Å²) in [5.41, 5.74) is 0.644. The summed E-state index contributed by atoms with van der Waals surface area (Å²) in [4.78, 5) is 24.9. The molecule has 0 spiro atoms. The lowest BCUT2D eigenvalue weighted by Gasteiger charge is -2.20. The number of carboxylic acids is 1. The standard InChI is InChI=1S/C15H18N2O5.ClH/c18-14(5-7-17-6-1-2-11(17)15(19)20)16-10-3-4-12-13(8-10)22-9-21-12;/h3-4,8,11H,1-2,5-7,9H2,(H,16,18)(H,19,20);1H. The van der Waals surface area contributed by atoms with E-state index in [0.29, 0.717) is 30.2 Å². The number of hydrogen-bond acceptors (Lipinski definition) is 5. The van der Waals surface area contributed by atoms with Crippen LogP contribution in [0.3, 0.4) is 0 Å². The zero-order valence-electron chi connectivity index (χ0n) is 12.5. The van der Waals surface area contributed by atoms with Gasteiger partial charge in [-0.25, -0.2) is 0 Å². The highest BCUT2D eigenvalue weighted by Gasteiger charge is 2.30. The van der Waals surface area contributed by atoms with E-state index in [1.165, 1.54) is 0 Å². The van der Waals surface area contributed by atoms with Gasteiger partial charge in [0.1, 0.15) is 6.04 Å². The molecule has 1 unspecified atom stereocenters. The molecule has 23 heavy (non-hydrogen) atoms. The van der Waals surface area contributed by atoms with Crippen molar-refractivity contribution in [3.63, 3.8) is 0 Å². The molecule has 3 rings (SSSR count). The van der Waals surface area contributed by atoms with E-state index in [-0.39, 0.29) is 31.5 Å². The molecule has 2 aliphatic rings. The van der Waals surface area contributed by atoms with Gasteiger partial charge >= 0.3 is 5.97 Å². The normalized spacial score (nSPS) is 19.2. The molecule has 2 heterocycles. The molecule has 0 bridgehead atoms. The van der Waals surface area contributed by atoms with Gasteiger partial charge in [0.15, 0.2) is 11.5 Å². The predicted octanol–water partition coefficient (Wildman–Crippen LogP) is 1.71. The van der Waals surface area contributed by atoms with Gasteiger partial charge in [0.05, 0.1) is 0 Å². The first kappa shape index (κ1) is 17.4. The Hall–Kier alpha value is -1.99. The summed E-state index contributed by atoms with van der Waals surface area (Å²) in [6.07, 6.45) is 1.78. The molecule has 2 N–H and O–H groups in total. The second-order valence-electron chi connectivity index (χ2n) is 5.40. The quantitative estimate of drug-likeness (QED) is 0.847. The van der Waals surface area contributed by atoms with Gasteiger partial charge in [-0.05, 0) is 31.5 Å². The van der Waals surface area contributed by atoms with E-state index in [1.807, 2.05) is 4.90 Å². The molecule has 0 aromatic heterocycles. The molecule has 1 aromatic carbocycles. The summed E-state index contributed by atoms with van der Waals surface area (Å²) >= 11 is 0. The van der Waals surface area contributed by atoms with Crippen molar-refractivity contribution in [3.8, 4) is 11.5 Å². The molecule has 2 aliphatic heterocycles. The fourth-order valence-electron chi connectivity index (χ4n) is 2.82. The molecule has 0 radical (unpaired) electrons. The fourth-order valence-corrected chi connectivity index (χ4v) is 2.82. The van der Waals surface area contributed by atoms with E-state index < -0.39 is 12.0 Å². The number of aliphatic carboxylic acids is 1. The molecule has 7 nitrogen and oxygen atoms in total. The van der Waals surface area contributed by atoms with Gasteiger partial charge in [0.2, 0.25) is 12.7 Å². The lowest BCUT2D eigenvalue weighted by molar-refractivity contribution is -0.142. The molecule has 1 amide bonds. The van der Waals surface area contributed by atoms with Crippen LogP contribution in [0.2, 0.25) is 0 Å². The van der Waals surface area contributed by atoms with Gasteiger partial charge in [-0.1, -0.05) is 0 Å². The van der Waals surface area contributed by atoms with Gasteiger partial charge in [-0.2, -0.15) is 0 Å². The SMILES string of the molecule is Cl.O=C(CCN1CCCC1C(=O)O)Nc1ccc2c(c1)OCO2. The second-order valence-corrected chi connectivity index (χ2v) is 5.40. The van der Waals surface area contributed by atoms with Crippen LogP contribution in [0.1, 0.15) is 19.3 Å². The number of nitrogens with one attached hydrogen (secondary N) is 1. The van der Waals surface area contributed by atoms with Crippen LogP contribution < -0.4 is 14.8 Å². The Morgan fingerprint density at radius 3 is 2.87 bits per heavy atom. The molecule has 1 fully saturated rings. The lowest BCUT2D eigenvalue weighted by Crippen LogP contribution is -2.37. The highest BCUT2D eigenvalue weighted by molar-refractivity contribution is 5.91. The molecular formula is C15H19ClN2O5. The molecule has 0 aliphatic carbocycles. The Morgan fingerprint density at radius 1 is 1.30 bits per heavy atom. The number of fused-ring (bicyclic) bond motifs is 1. The number of nitrogens with zero attached hydrogens (tertiary/aromatic N) is 1. The van der Waals surface area contributed by atoms with Crippen molar-refractivity contribution >= 4 is 30.0 Å². The summed E-state index contributed by atoms with van der Waals surface area (Å²) < 4.78 is 10.5. The lowest BCUT2D eigenvalue weighted by atomic mass is 10.2. The zero-order valence-corrected chi connectivity index (χ0v) is 13.3. The molecule has 1 aromatic rings. The van der Waals surface area contributed by atoms with E-state index in [4.69, 9.17) is 14.6 Å². The van der Waals surface area contributed by atoms with E-state index in [0.717, 1.165) is 13.0 Å². The first-order chi connectivity index (χ1) is 10.6. The van der Waals surface area contributed by atoms with Crippen LogP contribution in [-0.4, -0.2) is 47.8 Å². The molecule has 0 saturated carbocycles. The third-order valence-corrected chi connectivity index (χ3v) is 3.93. The van der Waals surface area contributed by atoms with E-state index in [2.05, 4.69) is 5.32 Å². The number of ether oxygens (including phenoxy) is 2. The van der Waals surface area contributed by atoms with Crippen LogP contribution >= 0.6 is 12.4 Å². The van der Waals surface area contributed by atoms with Crippen molar-refractivity contribution in [1.82, 2.24) is 4.90 Å². The summed E-state index contributed by atoms with van der Waals surface area (Å²) in [6.45, 7) is 1.37. The average Bonchev–Trinajstić information content (AvgIpc) is 3.13. The highest BCUT2D eigenvalue weighted by atomic mass is 35.5.